The molecule has 0 saturated heterocycles. The summed E-state index contributed by atoms with van der Waals surface area (Å²) < 4.78 is 0. The van der Waals surface area contributed by atoms with Crippen molar-refractivity contribution in [1.82, 2.24) is 15.0 Å². The van der Waals surface area contributed by atoms with Crippen molar-refractivity contribution in [3.63, 3.8) is 0 Å². The molecule has 1 aliphatic heterocycles. The van der Waals surface area contributed by atoms with Crippen LogP contribution in [-0.4, -0.2) is 26.6 Å². The number of thiazole rings is 1. The molecular weight excluding hydrogens is 320 g/mol. The number of hydrogen-bond donors (Lipinski definition) is 0. The molecule has 0 aliphatic carbocycles. The number of carbonyl (C=O) groups excluding carboxylic acids is 1. The quantitative estimate of drug-likeness (QED) is 0.736. The van der Waals surface area contributed by atoms with Crippen molar-refractivity contribution in [3.05, 3.63) is 82.6 Å². The zero-order valence-corrected chi connectivity index (χ0v) is 13.6. The number of amides is 1. The molecule has 0 saturated carbocycles. The summed E-state index contributed by atoms with van der Waals surface area (Å²) in [5.74, 6) is -0.115. The summed E-state index contributed by atoms with van der Waals surface area (Å²) in [5, 5.41) is 8.91. The largest absolute Gasteiger partial charge is 0.274 e. The molecule has 3 heterocycles. The van der Waals surface area contributed by atoms with Gasteiger partial charge in [0.2, 0.25) is 0 Å². The zero-order valence-electron chi connectivity index (χ0n) is 12.7. The molecule has 4 rings (SSSR count). The van der Waals surface area contributed by atoms with Crippen molar-refractivity contribution in [2.24, 2.45) is 5.10 Å². The summed E-state index contributed by atoms with van der Waals surface area (Å²) in [4.78, 5) is 21.4. The third-order valence-electron chi connectivity index (χ3n) is 3.89. The highest BCUT2D eigenvalue weighted by molar-refractivity contribution is 7.11. The Balaban J connectivity index is 1.72. The van der Waals surface area contributed by atoms with Crippen LogP contribution >= 0.6 is 11.3 Å². The van der Waals surface area contributed by atoms with Crippen LogP contribution in [0.3, 0.4) is 0 Å². The lowest BCUT2D eigenvalue weighted by molar-refractivity contribution is 0.0711. The molecule has 118 valence electrons. The van der Waals surface area contributed by atoms with Crippen molar-refractivity contribution in [1.29, 1.82) is 0 Å². The number of carbonyl (C=O) groups is 1. The fourth-order valence-electron chi connectivity index (χ4n) is 2.74. The summed E-state index contributed by atoms with van der Waals surface area (Å²) >= 11 is 1.53. The minimum atomic E-state index is -0.162. The van der Waals surface area contributed by atoms with E-state index < -0.39 is 0 Å². The molecule has 5 nitrogen and oxygen atoms in total. The van der Waals surface area contributed by atoms with Crippen molar-refractivity contribution in [3.8, 4) is 0 Å². The van der Waals surface area contributed by atoms with E-state index in [4.69, 9.17) is 0 Å². The van der Waals surface area contributed by atoms with Gasteiger partial charge in [-0.1, -0.05) is 24.3 Å². The molecule has 3 aromatic rings. The molecule has 0 fully saturated rings. The highest BCUT2D eigenvalue weighted by Crippen LogP contribution is 2.33. The molecule has 0 bridgehead atoms. The molecule has 2 aromatic heterocycles. The molecule has 1 aromatic carbocycles. The Morgan fingerprint density at radius 3 is 2.71 bits per heavy atom. The monoisotopic (exact) mass is 334 g/mol. The number of aromatic nitrogens is 2. The lowest BCUT2D eigenvalue weighted by Crippen LogP contribution is -2.27. The Hall–Kier alpha value is -2.86. The number of rotatable bonds is 3. The highest BCUT2D eigenvalue weighted by atomic mass is 32.1. The Kier molecular flexibility index (Phi) is 3.88. The van der Waals surface area contributed by atoms with Crippen molar-refractivity contribution >= 4 is 23.0 Å². The Morgan fingerprint density at radius 1 is 1.12 bits per heavy atom. The van der Waals surface area contributed by atoms with Gasteiger partial charge in [0.05, 0.1) is 11.8 Å². The fourth-order valence-corrected chi connectivity index (χ4v) is 3.37. The van der Waals surface area contributed by atoms with Crippen LogP contribution in [0.1, 0.15) is 33.4 Å². The molecule has 6 heteroatoms. The van der Waals surface area contributed by atoms with E-state index in [0.29, 0.717) is 12.0 Å². The lowest BCUT2D eigenvalue weighted by Gasteiger charge is -2.21. The molecule has 1 unspecified atom stereocenters. The van der Waals surface area contributed by atoms with Crippen molar-refractivity contribution in [2.45, 2.75) is 12.5 Å². The first-order valence-corrected chi connectivity index (χ1v) is 8.47. The van der Waals surface area contributed by atoms with Crippen LogP contribution in [0.15, 0.2) is 71.5 Å². The van der Waals surface area contributed by atoms with Crippen LogP contribution in [0.25, 0.3) is 0 Å². The number of pyridine rings is 1. The number of hydrogen-bond acceptors (Lipinski definition) is 5. The third-order valence-corrected chi connectivity index (χ3v) is 4.71. The van der Waals surface area contributed by atoms with Gasteiger partial charge in [-0.25, -0.2) is 9.99 Å². The van der Waals surface area contributed by atoms with Gasteiger partial charge in [-0.2, -0.15) is 5.10 Å². The minimum absolute atomic E-state index is 0.115. The first-order valence-electron chi connectivity index (χ1n) is 7.59. The van der Waals surface area contributed by atoms with Gasteiger partial charge < -0.3 is 0 Å². The normalized spacial score (nSPS) is 16.9. The predicted octanol–water partition coefficient (Wildman–Crippen LogP) is 3.53. The van der Waals surface area contributed by atoms with E-state index in [0.717, 1.165) is 16.3 Å². The van der Waals surface area contributed by atoms with Crippen molar-refractivity contribution < 1.29 is 4.79 Å². The third kappa shape index (κ3) is 2.72. The second-order valence-corrected chi connectivity index (χ2v) is 6.30. The van der Waals surface area contributed by atoms with Crippen LogP contribution in [0.5, 0.6) is 0 Å². The number of benzene rings is 1. The molecule has 1 amide bonds. The summed E-state index contributed by atoms with van der Waals surface area (Å²) in [5.41, 5.74) is 2.43. The van der Waals surface area contributed by atoms with E-state index in [1.165, 1.54) is 11.3 Å². The van der Waals surface area contributed by atoms with Crippen molar-refractivity contribution in [2.75, 3.05) is 0 Å². The van der Waals surface area contributed by atoms with Gasteiger partial charge in [-0.15, -0.1) is 11.3 Å². The topological polar surface area (TPSA) is 58.5 Å². The van der Waals surface area contributed by atoms with Crippen LogP contribution < -0.4 is 0 Å². The molecule has 1 aliphatic rings. The molecule has 0 radical (unpaired) electrons. The number of hydrazone groups is 1. The predicted molar refractivity (Wildman–Crippen MR) is 92.9 cm³/mol. The molecule has 1 atom stereocenters. The van der Waals surface area contributed by atoms with E-state index in [-0.39, 0.29) is 11.9 Å². The van der Waals surface area contributed by atoms with Gasteiger partial charge >= 0.3 is 0 Å². The minimum Gasteiger partial charge on any atom is -0.267 e. The average Bonchev–Trinajstić information content (AvgIpc) is 3.32. The van der Waals surface area contributed by atoms with Gasteiger partial charge in [0.1, 0.15) is 5.01 Å². The Labute approximate surface area is 143 Å². The number of nitrogens with zero attached hydrogens (tertiary/aromatic N) is 4. The highest BCUT2D eigenvalue weighted by Gasteiger charge is 2.34. The Bertz CT molecular complexity index is 863. The van der Waals surface area contributed by atoms with Gasteiger partial charge in [-0.3, -0.25) is 9.78 Å². The van der Waals surface area contributed by atoms with Gasteiger partial charge in [-0.05, 0) is 23.8 Å². The summed E-state index contributed by atoms with van der Waals surface area (Å²) in [6, 6.07) is 12.9. The zero-order chi connectivity index (χ0) is 16.4. The summed E-state index contributed by atoms with van der Waals surface area (Å²) in [6.07, 6.45) is 5.90. The average molecular weight is 334 g/mol. The lowest BCUT2D eigenvalue weighted by atomic mass is 10.0. The fraction of sp³-hybridized carbons (Fsp3) is 0.111. The van der Waals surface area contributed by atoms with Crippen LogP contribution in [0, 0.1) is 0 Å². The van der Waals surface area contributed by atoms with Crippen LogP contribution in [0.4, 0.5) is 0 Å². The van der Waals surface area contributed by atoms with E-state index in [2.05, 4.69) is 15.1 Å². The maximum absolute atomic E-state index is 12.9. The summed E-state index contributed by atoms with van der Waals surface area (Å²) in [7, 11) is 0. The van der Waals surface area contributed by atoms with Crippen LogP contribution in [-0.2, 0) is 0 Å². The van der Waals surface area contributed by atoms with Crippen LogP contribution in [0.2, 0.25) is 0 Å². The molecule has 0 N–H and O–H groups in total. The molecule has 24 heavy (non-hydrogen) atoms. The first kappa shape index (κ1) is 14.7. The maximum Gasteiger partial charge on any atom is 0.274 e. The smallest absolute Gasteiger partial charge is 0.267 e. The van der Waals surface area contributed by atoms with Gasteiger partial charge in [0, 0.05) is 36.0 Å². The Morgan fingerprint density at radius 2 is 2.00 bits per heavy atom. The SMILES string of the molecule is O=C(c1ccccc1)N1N=C(c2nccs2)CC1c1cccnc1. The molecule has 0 spiro atoms. The van der Waals surface area contributed by atoms with E-state index in [9.17, 15) is 4.79 Å². The van der Waals surface area contributed by atoms with E-state index in [1.54, 1.807) is 35.7 Å². The van der Waals surface area contributed by atoms with E-state index >= 15 is 0 Å². The van der Waals surface area contributed by atoms with Gasteiger partial charge in [0.25, 0.3) is 5.91 Å². The maximum atomic E-state index is 12.9. The first-order chi connectivity index (χ1) is 11.8. The standard InChI is InChI=1S/C18H14N4OS/c23-18(13-5-2-1-3-6-13)22-16(14-7-4-8-19-12-14)11-15(21-22)17-20-9-10-24-17/h1-10,12,16H,11H2. The molecular formula is C18H14N4OS. The summed E-state index contributed by atoms with van der Waals surface area (Å²) in [6.45, 7) is 0. The van der Waals surface area contributed by atoms with Gasteiger partial charge in [0.15, 0.2) is 0 Å². The van der Waals surface area contributed by atoms with E-state index in [1.807, 2.05) is 35.7 Å². The second kappa shape index (κ2) is 6.33. The second-order valence-electron chi connectivity index (χ2n) is 5.41.